The molecule has 42 heavy (non-hydrogen) atoms. The highest BCUT2D eigenvalue weighted by atomic mass is 35.5. The number of allylic oxidation sites excluding steroid dienone is 5. The van der Waals surface area contributed by atoms with E-state index in [-0.39, 0.29) is 28.0 Å². The van der Waals surface area contributed by atoms with Crippen LogP contribution in [0.3, 0.4) is 0 Å². The minimum absolute atomic E-state index is 0.0862. The quantitative estimate of drug-likeness (QED) is 0.152. The number of pyridine rings is 1. The molecule has 1 saturated heterocycles. The molecule has 0 spiro atoms. The molecule has 1 aromatic carbocycles. The number of carbonyl (C=O) groups excluding carboxylic acids is 1. The number of aromatic nitrogens is 3. The topological polar surface area (TPSA) is 91.6 Å². The number of benzene rings is 1. The molecule has 5 rings (SSSR count). The number of hydrogen-bond acceptors (Lipinski definition) is 7. The molecule has 10 heteroatoms. The van der Waals surface area contributed by atoms with Gasteiger partial charge in [-0.2, -0.15) is 4.98 Å². The van der Waals surface area contributed by atoms with Crippen molar-refractivity contribution in [3.8, 4) is 5.69 Å². The SMILES string of the molecule is C=C/C(O)=C(\C(F)=C/C)c1cc2c(cc1Cl)c(N1CCN(C)CC1C)nc(=O)n2-c1ccncc1C1CC1.C=CC=O. The number of anilines is 1. The van der Waals surface area contributed by atoms with E-state index in [0.29, 0.717) is 41.2 Å². The maximum Gasteiger partial charge on any atom is 0.354 e. The first kappa shape index (κ1) is 30.9. The molecule has 0 radical (unpaired) electrons. The Bertz CT molecular complexity index is 1640. The van der Waals surface area contributed by atoms with E-state index >= 15 is 4.39 Å². The molecule has 1 N–H and O–H groups in total. The fourth-order valence-electron chi connectivity index (χ4n) is 5.27. The second-order valence-corrected chi connectivity index (χ2v) is 10.8. The predicted molar refractivity (Wildman–Crippen MR) is 167 cm³/mol. The van der Waals surface area contributed by atoms with Crippen molar-refractivity contribution in [2.75, 3.05) is 31.6 Å². The largest absolute Gasteiger partial charge is 0.507 e. The van der Waals surface area contributed by atoms with Crippen LogP contribution < -0.4 is 10.6 Å². The third kappa shape index (κ3) is 6.22. The highest BCUT2D eigenvalue weighted by Gasteiger charge is 2.30. The second kappa shape index (κ2) is 13.3. The summed E-state index contributed by atoms with van der Waals surface area (Å²) in [5, 5.41) is 11.5. The molecule has 1 aliphatic carbocycles. The zero-order valence-electron chi connectivity index (χ0n) is 24.1. The average molecular weight is 592 g/mol. The van der Waals surface area contributed by atoms with Crippen LogP contribution in [0.4, 0.5) is 10.2 Å². The molecule has 1 aliphatic heterocycles. The van der Waals surface area contributed by atoms with Crippen molar-refractivity contribution in [2.45, 2.75) is 38.6 Å². The van der Waals surface area contributed by atoms with E-state index in [1.54, 1.807) is 29.1 Å². The summed E-state index contributed by atoms with van der Waals surface area (Å²) in [6.07, 6.45) is 9.76. The van der Waals surface area contributed by atoms with E-state index in [2.05, 4.69) is 46.9 Å². The maximum atomic E-state index is 15.1. The summed E-state index contributed by atoms with van der Waals surface area (Å²) >= 11 is 6.78. The van der Waals surface area contributed by atoms with Crippen LogP contribution in [0.1, 0.15) is 43.7 Å². The summed E-state index contributed by atoms with van der Waals surface area (Å²) in [4.78, 5) is 36.1. The van der Waals surface area contributed by atoms with Crippen LogP contribution in [0.2, 0.25) is 5.02 Å². The number of carbonyl (C=O) groups is 1. The Kier molecular flexibility index (Phi) is 9.75. The molecular formula is C32H35ClFN5O3. The molecule has 2 fully saturated rings. The van der Waals surface area contributed by atoms with E-state index < -0.39 is 11.5 Å². The number of likely N-dealkylation sites (N-methyl/N-ethyl adjacent to an activating group) is 1. The molecule has 220 valence electrons. The molecule has 1 atom stereocenters. The van der Waals surface area contributed by atoms with Crippen molar-refractivity contribution in [1.29, 1.82) is 0 Å². The van der Waals surface area contributed by atoms with Crippen LogP contribution in [0.15, 0.2) is 78.4 Å². The first-order valence-electron chi connectivity index (χ1n) is 13.8. The van der Waals surface area contributed by atoms with Crippen LogP contribution in [-0.4, -0.2) is 63.6 Å². The number of nitrogens with zero attached hydrogens (tertiary/aromatic N) is 5. The molecule has 2 aliphatic rings. The van der Waals surface area contributed by atoms with Crippen molar-refractivity contribution < 1.29 is 14.3 Å². The van der Waals surface area contributed by atoms with Crippen LogP contribution in [0.25, 0.3) is 22.2 Å². The number of piperazine rings is 1. The van der Waals surface area contributed by atoms with Gasteiger partial charge in [0.25, 0.3) is 0 Å². The summed E-state index contributed by atoms with van der Waals surface area (Å²) in [5.74, 6) is -0.129. The van der Waals surface area contributed by atoms with E-state index in [0.717, 1.165) is 31.5 Å². The molecule has 3 aromatic rings. The summed E-state index contributed by atoms with van der Waals surface area (Å²) in [6, 6.07) is 5.31. The van der Waals surface area contributed by atoms with Gasteiger partial charge >= 0.3 is 5.69 Å². The van der Waals surface area contributed by atoms with E-state index in [9.17, 15) is 9.90 Å². The minimum Gasteiger partial charge on any atom is -0.507 e. The van der Waals surface area contributed by atoms with Crippen molar-refractivity contribution >= 4 is 40.2 Å². The first-order chi connectivity index (χ1) is 20.2. The average Bonchev–Trinajstić information content (AvgIpc) is 3.83. The van der Waals surface area contributed by atoms with Gasteiger partial charge < -0.3 is 14.9 Å². The molecule has 1 unspecified atom stereocenters. The monoisotopic (exact) mass is 591 g/mol. The van der Waals surface area contributed by atoms with E-state index in [1.807, 2.05) is 6.07 Å². The zero-order chi connectivity index (χ0) is 30.6. The lowest BCUT2D eigenvalue weighted by molar-refractivity contribution is -0.104. The third-order valence-corrected chi connectivity index (χ3v) is 7.77. The fourth-order valence-corrected chi connectivity index (χ4v) is 5.53. The van der Waals surface area contributed by atoms with Crippen LogP contribution in [0, 0.1) is 0 Å². The fraction of sp³-hybridized carbons (Fsp3) is 0.312. The van der Waals surface area contributed by atoms with Gasteiger partial charge in [0.2, 0.25) is 0 Å². The number of fused-ring (bicyclic) bond motifs is 1. The van der Waals surface area contributed by atoms with Crippen molar-refractivity contribution in [2.24, 2.45) is 0 Å². The molecule has 8 nitrogen and oxygen atoms in total. The molecule has 1 saturated carbocycles. The van der Waals surface area contributed by atoms with Gasteiger partial charge in [-0.3, -0.25) is 14.3 Å². The van der Waals surface area contributed by atoms with Gasteiger partial charge in [0.1, 0.15) is 23.7 Å². The van der Waals surface area contributed by atoms with Crippen molar-refractivity contribution in [3.05, 3.63) is 100 Å². The lowest BCUT2D eigenvalue weighted by Gasteiger charge is -2.39. The summed E-state index contributed by atoms with van der Waals surface area (Å²) in [6.45, 7) is 12.7. The lowest BCUT2D eigenvalue weighted by atomic mass is 9.99. The van der Waals surface area contributed by atoms with Gasteiger partial charge in [-0.15, -0.1) is 0 Å². The number of rotatable bonds is 7. The van der Waals surface area contributed by atoms with Crippen molar-refractivity contribution in [3.63, 3.8) is 0 Å². The molecular weight excluding hydrogens is 557 g/mol. The summed E-state index contributed by atoms with van der Waals surface area (Å²) in [5.41, 5.74) is 1.92. The predicted octanol–water partition coefficient (Wildman–Crippen LogP) is 6.15. The van der Waals surface area contributed by atoms with Gasteiger partial charge in [0.15, 0.2) is 0 Å². The molecule has 3 heterocycles. The van der Waals surface area contributed by atoms with E-state index in [1.165, 1.54) is 25.2 Å². The normalized spacial score (nSPS) is 18.2. The smallest absolute Gasteiger partial charge is 0.354 e. The Morgan fingerprint density at radius 2 is 1.95 bits per heavy atom. The van der Waals surface area contributed by atoms with Crippen molar-refractivity contribution in [1.82, 2.24) is 19.4 Å². The van der Waals surface area contributed by atoms with Crippen LogP contribution >= 0.6 is 11.6 Å². The zero-order valence-corrected chi connectivity index (χ0v) is 24.8. The highest BCUT2D eigenvalue weighted by Crippen LogP contribution is 2.43. The molecule has 0 amide bonds. The standard InChI is InChI=1S/C29H31ClFN5O2.C3H4O/c1-5-23(31)27(26(37)6-2)19-14-25-20(13-22(19)30)28(35-12-11-34(4)16-17(35)3)33-29(38)36(25)24-9-10-32-15-21(24)18-7-8-18;1-2-3-4/h5-6,9-10,13-15,17-18,37H,2,7-8,11-12,16H2,1,3-4H3;2-3H,1H2/b23-5+,27-26+;. The number of aliphatic hydroxyl groups is 1. The van der Waals surface area contributed by atoms with Crippen LogP contribution in [0.5, 0.6) is 0 Å². The Morgan fingerprint density at radius 3 is 2.55 bits per heavy atom. The minimum atomic E-state index is -0.651. The lowest BCUT2D eigenvalue weighted by Crippen LogP contribution is -2.51. The van der Waals surface area contributed by atoms with Gasteiger partial charge in [-0.1, -0.05) is 30.8 Å². The highest BCUT2D eigenvalue weighted by molar-refractivity contribution is 6.33. The van der Waals surface area contributed by atoms with Gasteiger partial charge in [0, 0.05) is 54.0 Å². The van der Waals surface area contributed by atoms with Gasteiger partial charge in [0.05, 0.1) is 16.8 Å². The Balaban J connectivity index is 0.000000952. The van der Waals surface area contributed by atoms with Gasteiger partial charge in [-0.05, 0) is 75.6 Å². The summed E-state index contributed by atoms with van der Waals surface area (Å²) < 4.78 is 16.6. The maximum absolute atomic E-state index is 15.1. The van der Waals surface area contributed by atoms with Gasteiger partial charge in [-0.25, -0.2) is 9.18 Å². The second-order valence-electron chi connectivity index (χ2n) is 10.4. The first-order valence-corrected chi connectivity index (χ1v) is 14.1. The number of aliphatic hydroxyl groups excluding tert-OH is 1. The number of halogens is 2. The third-order valence-electron chi connectivity index (χ3n) is 7.46. The Labute approximate surface area is 249 Å². The Hall–Kier alpha value is -4.08. The van der Waals surface area contributed by atoms with Crippen LogP contribution in [-0.2, 0) is 4.79 Å². The van der Waals surface area contributed by atoms with E-state index in [4.69, 9.17) is 16.4 Å². The Morgan fingerprint density at radius 1 is 1.24 bits per heavy atom. The summed E-state index contributed by atoms with van der Waals surface area (Å²) in [7, 11) is 2.07. The number of hydrogen-bond donors (Lipinski definition) is 1. The number of aldehydes is 1. The molecule has 2 aromatic heterocycles. The molecule has 0 bridgehead atoms.